The molecule has 2 heterocycles. The maximum atomic E-state index is 6.61. The van der Waals surface area contributed by atoms with E-state index in [0.717, 1.165) is 35.7 Å². The van der Waals surface area contributed by atoms with Crippen molar-refractivity contribution in [3.8, 4) is 0 Å². The van der Waals surface area contributed by atoms with Gasteiger partial charge in [-0.1, -0.05) is 30.7 Å². The molecule has 0 radical (unpaired) electrons. The van der Waals surface area contributed by atoms with Crippen molar-refractivity contribution in [1.29, 1.82) is 0 Å². The Morgan fingerprint density at radius 3 is 2.81 bits per heavy atom. The van der Waals surface area contributed by atoms with Crippen LogP contribution < -0.4 is 5.73 Å². The molecular weight excluding hydrogens is 442 g/mol. The highest BCUT2D eigenvalue weighted by Crippen LogP contribution is 2.34. The van der Waals surface area contributed by atoms with Crippen LogP contribution in [-0.4, -0.2) is 33.8 Å². The minimum atomic E-state index is -0.675. The van der Waals surface area contributed by atoms with Crippen molar-refractivity contribution in [1.82, 2.24) is 9.55 Å². The van der Waals surface area contributed by atoms with E-state index in [4.69, 9.17) is 26.8 Å². The van der Waals surface area contributed by atoms with Gasteiger partial charge in [-0.25, -0.2) is 4.98 Å². The van der Waals surface area contributed by atoms with Crippen molar-refractivity contribution in [3.05, 3.63) is 76.8 Å². The number of hydrogen-bond acceptors (Lipinski definition) is 5. The van der Waals surface area contributed by atoms with Crippen LogP contribution in [-0.2, 0) is 28.9 Å². The van der Waals surface area contributed by atoms with Gasteiger partial charge in [-0.3, -0.25) is 0 Å². The van der Waals surface area contributed by atoms with Crippen LogP contribution in [0.4, 0.5) is 5.69 Å². The summed E-state index contributed by atoms with van der Waals surface area (Å²) in [5.41, 5.74) is 10.3. The smallest absolute Gasteiger partial charge is 0.187 e. The molecular formula is C25H30ClN3O2S. The minimum absolute atomic E-state index is 0.0239. The van der Waals surface area contributed by atoms with E-state index < -0.39 is 5.79 Å². The second-order valence-corrected chi connectivity index (χ2v) is 9.79. The lowest BCUT2D eigenvalue weighted by Crippen LogP contribution is -2.37. The van der Waals surface area contributed by atoms with E-state index in [-0.39, 0.29) is 6.10 Å². The quantitative estimate of drug-likeness (QED) is 0.328. The van der Waals surface area contributed by atoms with E-state index in [2.05, 4.69) is 41.6 Å². The number of nitrogen functional groups attached to an aromatic ring is 1. The molecule has 1 saturated heterocycles. The molecule has 32 heavy (non-hydrogen) atoms. The molecule has 2 atom stereocenters. The first-order chi connectivity index (χ1) is 15.5. The number of thioether (sulfide) groups is 1. The summed E-state index contributed by atoms with van der Waals surface area (Å²) in [6, 6.07) is 14.0. The van der Waals surface area contributed by atoms with E-state index >= 15 is 0 Å². The Morgan fingerprint density at radius 2 is 2.06 bits per heavy atom. The standard InChI is InChI=1S/C25H30ClN3O2S/c1-3-22-13-28-17-29(22)16-25(11-10-19-4-6-20(26)7-5-19)30-14-23(31-25)15-32-24-9-8-21(27)12-18(24)2/h4-9,12-13,17,23H,3,10-11,14-16,27H2,1-2H3. The molecule has 2 N–H and O–H groups in total. The van der Waals surface area contributed by atoms with Crippen LogP contribution in [0.15, 0.2) is 59.9 Å². The summed E-state index contributed by atoms with van der Waals surface area (Å²) in [5.74, 6) is 0.156. The normalized spacial score (nSPS) is 20.7. The molecule has 3 aromatic rings. The third-order valence-electron chi connectivity index (χ3n) is 5.82. The summed E-state index contributed by atoms with van der Waals surface area (Å²) in [6.45, 7) is 5.44. The van der Waals surface area contributed by atoms with E-state index in [1.165, 1.54) is 21.7 Å². The first-order valence-corrected chi connectivity index (χ1v) is 12.4. The monoisotopic (exact) mass is 471 g/mol. The van der Waals surface area contributed by atoms with Crippen LogP contribution >= 0.6 is 23.4 Å². The molecule has 1 aromatic heterocycles. The molecule has 1 aliphatic heterocycles. The number of imidazole rings is 1. The maximum Gasteiger partial charge on any atom is 0.187 e. The first kappa shape index (κ1) is 23.2. The van der Waals surface area contributed by atoms with Gasteiger partial charge < -0.3 is 19.8 Å². The van der Waals surface area contributed by atoms with Gasteiger partial charge in [0, 0.05) is 39.7 Å². The van der Waals surface area contributed by atoms with Gasteiger partial charge in [0.1, 0.15) is 0 Å². The summed E-state index contributed by atoms with van der Waals surface area (Å²) >= 11 is 7.84. The molecule has 0 aliphatic carbocycles. The number of hydrogen-bond donors (Lipinski definition) is 1. The van der Waals surface area contributed by atoms with Gasteiger partial charge in [-0.05, 0) is 61.2 Å². The summed E-state index contributed by atoms with van der Waals surface area (Å²) in [6.07, 6.45) is 6.34. The topological polar surface area (TPSA) is 62.3 Å². The molecule has 2 aromatic carbocycles. The fourth-order valence-electron chi connectivity index (χ4n) is 4.04. The van der Waals surface area contributed by atoms with Crippen molar-refractivity contribution < 1.29 is 9.47 Å². The van der Waals surface area contributed by atoms with Gasteiger partial charge in [0.25, 0.3) is 0 Å². The molecule has 1 aliphatic rings. The highest BCUT2D eigenvalue weighted by molar-refractivity contribution is 7.99. The largest absolute Gasteiger partial charge is 0.399 e. The lowest BCUT2D eigenvalue weighted by molar-refractivity contribution is -0.180. The molecule has 1 fully saturated rings. The number of aryl methyl sites for hydroxylation is 3. The first-order valence-electron chi connectivity index (χ1n) is 11.0. The van der Waals surface area contributed by atoms with Crippen LogP contribution in [0.2, 0.25) is 5.02 Å². The minimum Gasteiger partial charge on any atom is -0.399 e. The summed E-state index contributed by atoms with van der Waals surface area (Å²) in [4.78, 5) is 5.56. The molecule has 2 unspecified atom stereocenters. The van der Waals surface area contributed by atoms with Crippen LogP contribution in [0.25, 0.3) is 0 Å². The van der Waals surface area contributed by atoms with Gasteiger partial charge in [0.05, 0.1) is 25.6 Å². The molecule has 0 bridgehead atoms. The second-order valence-electron chi connectivity index (χ2n) is 8.29. The molecule has 0 amide bonds. The number of ether oxygens (including phenoxy) is 2. The number of rotatable bonds is 9. The number of aromatic nitrogens is 2. The van der Waals surface area contributed by atoms with Gasteiger partial charge in [-0.2, -0.15) is 0 Å². The van der Waals surface area contributed by atoms with Crippen molar-refractivity contribution in [2.75, 3.05) is 18.1 Å². The summed E-state index contributed by atoms with van der Waals surface area (Å²) in [5, 5.41) is 0.748. The number of nitrogens with two attached hydrogens (primary N) is 1. The second kappa shape index (κ2) is 10.3. The zero-order valence-corrected chi connectivity index (χ0v) is 20.2. The van der Waals surface area contributed by atoms with Gasteiger partial charge in [0.2, 0.25) is 0 Å². The maximum absolute atomic E-state index is 6.61. The Morgan fingerprint density at radius 1 is 1.25 bits per heavy atom. The molecule has 5 nitrogen and oxygen atoms in total. The summed E-state index contributed by atoms with van der Waals surface area (Å²) in [7, 11) is 0. The predicted octanol–water partition coefficient (Wildman–Crippen LogP) is 5.53. The van der Waals surface area contributed by atoms with Crippen molar-refractivity contribution >= 4 is 29.1 Å². The van der Waals surface area contributed by atoms with Gasteiger partial charge in [0.15, 0.2) is 5.79 Å². The van der Waals surface area contributed by atoms with Gasteiger partial charge >= 0.3 is 0 Å². The van der Waals surface area contributed by atoms with Crippen LogP contribution in [0, 0.1) is 6.92 Å². The molecule has 4 rings (SSSR count). The Kier molecular flexibility index (Phi) is 7.46. The third kappa shape index (κ3) is 5.67. The predicted molar refractivity (Wildman–Crippen MR) is 131 cm³/mol. The Balaban J connectivity index is 1.45. The highest BCUT2D eigenvalue weighted by Gasteiger charge is 2.42. The molecule has 0 spiro atoms. The van der Waals surface area contributed by atoms with Crippen LogP contribution in [0.1, 0.15) is 30.2 Å². The molecule has 170 valence electrons. The Hall–Kier alpha value is -1.99. The van der Waals surface area contributed by atoms with Crippen molar-refractivity contribution in [2.24, 2.45) is 0 Å². The zero-order chi connectivity index (χ0) is 22.6. The Bertz CT molecular complexity index is 1040. The zero-order valence-electron chi connectivity index (χ0n) is 18.6. The number of halogens is 1. The number of benzene rings is 2. The van der Waals surface area contributed by atoms with Crippen molar-refractivity contribution in [2.45, 2.75) is 56.4 Å². The van der Waals surface area contributed by atoms with E-state index in [9.17, 15) is 0 Å². The lowest BCUT2D eigenvalue weighted by atomic mass is 10.0. The van der Waals surface area contributed by atoms with E-state index in [1.807, 2.05) is 36.8 Å². The van der Waals surface area contributed by atoms with Crippen LogP contribution in [0.5, 0.6) is 0 Å². The fraction of sp³-hybridized carbons (Fsp3) is 0.400. The third-order valence-corrected chi connectivity index (χ3v) is 7.38. The number of anilines is 1. The van der Waals surface area contributed by atoms with E-state index in [0.29, 0.717) is 13.2 Å². The average Bonchev–Trinajstić information content (AvgIpc) is 3.40. The lowest BCUT2D eigenvalue weighted by Gasteiger charge is -2.29. The Labute approximate surface area is 199 Å². The van der Waals surface area contributed by atoms with E-state index in [1.54, 1.807) is 11.8 Å². The molecule has 7 heteroatoms. The van der Waals surface area contributed by atoms with Gasteiger partial charge in [-0.15, -0.1) is 11.8 Å². The number of nitrogens with zero attached hydrogens (tertiary/aromatic N) is 2. The molecule has 0 saturated carbocycles. The SMILES string of the molecule is CCc1cncn1CC1(CCc2ccc(Cl)cc2)OCC(CSc2ccc(N)cc2C)O1. The fourth-order valence-corrected chi connectivity index (χ4v) is 5.15. The average molecular weight is 472 g/mol. The van der Waals surface area contributed by atoms with Crippen molar-refractivity contribution in [3.63, 3.8) is 0 Å². The summed E-state index contributed by atoms with van der Waals surface area (Å²) < 4.78 is 15.1. The highest BCUT2D eigenvalue weighted by atomic mass is 35.5. The van der Waals surface area contributed by atoms with Crippen LogP contribution in [0.3, 0.4) is 0 Å².